The molecule has 0 saturated carbocycles. The number of hydrogen-bond acceptors (Lipinski definition) is 3. The molecule has 0 unspecified atom stereocenters. The molecular formula is C15H30N2O2. The highest BCUT2D eigenvalue weighted by Gasteiger charge is 2.41. The molecule has 4 heteroatoms. The van der Waals surface area contributed by atoms with Crippen LogP contribution in [0.15, 0.2) is 0 Å². The number of amides is 1. The van der Waals surface area contributed by atoms with E-state index in [1.807, 2.05) is 4.90 Å². The van der Waals surface area contributed by atoms with Crippen LogP contribution in [0.3, 0.4) is 0 Å². The van der Waals surface area contributed by atoms with Gasteiger partial charge in [0.1, 0.15) is 0 Å². The minimum absolute atomic E-state index is 0.0727. The summed E-state index contributed by atoms with van der Waals surface area (Å²) < 4.78 is 5.34. The third-order valence-electron chi connectivity index (χ3n) is 3.97. The molecule has 4 nitrogen and oxygen atoms in total. The highest BCUT2D eigenvalue weighted by Crippen LogP contribution is 2.35. The molecule has 1 heterocycles. The molecule has 1 aliphatic rings. The fourth-order valence-corrected chi connectivity index (χ4v) is 2.86. The zero-order valence-electron chi connectivity index (χ0n) is 12.8. The first-order chi connectivity index (χ1) is 9.01. The first kappa shape index (κ1) is 16.3. The summed E-state index contributed by atoms with van der Waals surface area (Å²) in [6, 6.07) is 0. The van der Waals surface area contributed by atoms with Gasteiger partial charge in [-0.25, -0.2) is 4.79 Å². The molecule has 0 spiro atoms. The van der Waals surface area contributed by atoms with Crippen LogP contribution >= 0.6 is 0 Å². The van der Waals surface area contributed by atoms with E-state index in [4.69, 9.17) is 10.5 Å². The van der Waals surface area contributed by atoms with Crippen molar-refractivity contribution in [3.63, 3.8) is 0 Å². The van der Waals surface area contributed by atoms with E-state index in [1.165, 1.54) is 6.42 Å². The van der Waals surface area contributed by atoms with Crippen molar-refractivity contribution in [1.29, 1.82) is 0 Å². The Kier molecular flexibility index (Phi) is 6.63. The second kappa shape index (κ2) is 7.73. The molecule has 0 aromatic carbocycles. The van der Waals surface area contributed by atoms with Gasteiger partial charge in [0.25, 0.3) is 0 Å². The number of nitrogens with two attached hydrogens (primary N) is 1. The minimum Gasteiger partial charge on any atom is -0.449 e. The zero-order valence-corrected chi connectivity index (χ0v) is 12.8. The second-order valence-electron chi connectivity index (χ2n) is 6.25. The molecular weight excluding hydrogens is 240 g/mol. The van der Waals surface area contributed by atoms with Gasteiger partial charge < -0.3 is 15.4 Å². The number of carbonyl (C=O) groups excluding carboxylic acids is 1. The van der Waals surface area contributed by atoms with Crippen molar-refractivity contribution in [3.8, 4) is 0 Å². The normalized spacial score (nSPS) is 21.7. The first-order valence-corrected chi connectivity index (χ1v) is 7.65. The van der Waals surface area contributed by atoms with E-state index in [-0.39, 0.29) is 11.6 Å². The van der Waals surface area contributed by atoms with Crippen LogP contribution in [-0.2, 0) is 4.74 Å². The number of nitrogens with zero attached hydrogens (tertiary/aromatic N) is 1. The number of likely N-dealkylation sites (tertiary alicyclic amines) is 1. The van der Waals surface area contributed by atoms with Crippen LogP contribution < -0.4 is 5.73 Å². The van der Waals surface area contributed by atoms with E-state index in [1.54, 1.807) is 0 Å². The molecule has 19 heavy (non-hydrogen) atoms. The van der Waals surface area contributed by atoms with Gasteiger partial charge in [-0.3, -0.25) is 0 Å². The molecule has 1 amide bonds. The molecule has 0 aliphatic carbocycles. The average molecular weight is 270 g/mol. The average Bonchev–Trinajstić information content (AvgIpc) is 2.65. The Morgan fingerprint density at radius 1 is 1.37 bits per heavy atom. The summed E-state index contributed by atoms with van der Waals surface area (Å²) in [7, 11) is 0. The van der Waals surface area contributed by atoms with Crippen LogP contribution in [0.25, 0.3) is 0 Å². The number of unbranched alkanes of at least 4 members (excludes halogenated alkanes) is 2. The van der Waals surface area contributed by atoms with Crippen molar-refractivity contribution in [3.05, 3.63) is 0 Å². The SMILES string of the molecule is CCCCOC(=O)N1C[C@@H](CCCCN)CC1(C)C. The lowest BCUT2D eigenvalue weighted by Crippen LogP contribution is -2.43. The Balaban J connectivity index is 2.42. The number of rotatable bonds is 7. The Hall–Kier alpha value is -0.770. The number of carbonyl (C=O) groups is 1. The molecule has 0 aromatic heterocycles. The molecule has 1 atom stereocenters. The highest BCUT2D eigenvalue weighted by molar-refractivity contribution is 5.69. The van der Waals surface area contributed by atoms with Crippen molar-refractivity contribution in [2.24, 2.45) is 11.7 Å². The Morgan fingerprint density at radius 2 is 2.11 bits per heavy atom. The summed E-state index contributed by atoms with van der Waals surface area (Å²) in [6.07, 6.45) is 6.34. The van der Waals surface area contributed by atoms with Gasteiger partial charge >= 0.3 is 6.09 Å². The predicted molar refractivity (Wildman–Crippen MR) is 78.1 cm³/mol. The van der Waals surface area contributed by atoms with E-state index in [0.717, 1.165) is 45.2 Å². The van der Waals surface area contributed by atoms with Gasteiger partial charge in [-0.15, -0.1) is 0 Å². The summed E-state index contributed by atoms with van der Waals surface area (Å²) in [5.74, 6) is 0.597. The smallest absolute Gasteiger partial charge is 0.410 e. The quantitative estimate of drug-likeness (QED) is 0.723. The molecule has 0 aromatic rings. The van der Waals surface area contributed by atoms with Crippen LogP contribution in [0.5, 0.6) is 0 Å². The van der Waals surface area contributed by atoms with Crippen molar-refractivity contribution < 1.29 is 9.53 Å². The van der Waals surface area contributed by atoms with Gasteiger partial charge in [0.2, 0.25) is 0 Å². The van der Waals surface area contributed by atoms with Gasteiger partial charge in [0, 0.05) is 12.1 Å². The van der Waals surface area contributed by atoms with Crippen molar-refractivity contribution >= 4 is 6.09 Å². The summed E-state index contributed by atoms with van der Waals surface area (Å²) >= 11 is 0. The first-order valence-electron chi connectivity index (χ1n) is 7.65. The number of hydrogen-bond donors (Lipinski definition) is 1. The fourth-order valence-electron chi connectivity index (χ4n) is 2.86. The molecule has 1 rings (SSSR count). The van der Waals surface area contributed by atoms with E-state index >= 15 is 0 Å². The largest absolute Gasteiger partial charge is 0.449 e. The molecule has 1 saturated heterocycles. The van der Waals surface area contributed by atoms with Crippen molar-refractivity contribution in [1.82, 2.24) is 4.90 Å². The molecule has 1 aliphatic heterocycles. The van der Waals surface area contributed by atoms with Gasteiger partial charge in [-0.05, 0) is 52.0 Å². The highest BCUT2D eigenvalue weighted by atomic mass is 16.6. The summed E-state index contributed by atoms with van der Waals surface area (Å²) in [5, 5.41) is 0. The molecule has 1 fully saturated rings. The van der Waals surface area contributed by atoms with E-state index in [0.29, 0.717) is 12.5 Å². The lowest BCUT2D eigenvalue weighted by atomic mass is 9.93. The van der Waals surface area contributed by atoms with E-state index in [2.05, 4.69) is 20.8 Å². The molecule has 0 bridgehead atoms. The van der Waals surface area contributed by atoms with Crippen LogP contribution in [0.2, 0.25) is 0 Å². The maximum atomic E-state index is 12.1. The van der Waals surface area contributed by atoms with Gasteiger partial charge in [0.05, 0.1) is 6.61 Å². The third kappa shape index (κ3) is 5.01. The van der Waals surface area contributed by atoms with Crippen LogP contribution in [0.4, 0.5) is 4.79 Å². The second-order valence-corrected chi connectivity index (χ2v) is 6.25. The fraction of sp³-hybridized carbons (Fsp3) is 0.933. The predicted octanol–water partition coefficient (Wildman–Crippen LogP) is 3.15. The van der Waals surface area contributed by atoms with Crippen LogP contribution in [0, 0.1) is 5.92 Å². The standard InChI is InChI=1S/C15H30N2O2/c1-4-5-10-19-14(18)17-12-13(8-6-7-9-16)11-15(17,2)3/h13H,4-12,16H2,1-3H3/t13-/m0/s1. The molecule has 112 valence electrons. The minimum atomic E-state index is -0.139. The summed E-state index contributed by atoms with van der Waals surface area (Å²) in [4.78, 5) is 14.0. The number of ether oxygens (including phenoxy) is 1. The van der Waals surface area contributed by atoms with E-state index < -0.39 is 0 Å². The van der Waals surface area contributed by atoms with Gasteiger partial charge in [0.15, 0.2) is 0 Å². The van der Waals surface area contributed by atoms with Gasteiger partial charge in [-0.2, -0.15) is 0 Å². The Labute approximate surface area is 117 Å². The zero-order chi connectivity index (χ0) is 14.3. The maximum absolute atomic E-state index is 12.1. The summed E-state index contributed by atoms with van der Waals surface area (Å²) in [6.45, 7) is 8.51. The van der Waals surface area contributed by atoms with Crippen molar-refractivity contribution in [2.45, 2.75) is 64.8 Å². The van der Waals surface area contributed by atoms with Crippen molar-refractivity contribution in [2.75, 3.05) is 19.7 Å². The summed E-state index contributed by atoms with van der Waals surface area (Å²) in [5.41, 5.74) is 5.45. The molecule has 2 N–H and O–H groups in total. The lowest BCUT2D eigenvalue weighted by molar-refractivity contribution is 0.0792. The topological polar surface area (TPSA) is 55.6 Å². The van der Waals surface area contributed by atoms with Crippen LogP contribution in [-0.4, -0.2) is 36.2 Å². The third-order valence-corrected chi connectivity index (χ3v) is 3.97. The van der Waals surface area contributed by atoms with Gasteiger partial charge in [-0.1, -0.05) is 19.8 Å². The molecule has 0 radical (unpaired) electrons. The Bertz CT molecular complexity index is 279. The Morgan fingerprint density at radius 3 is 2.74 bits per heavy atom. The van der Waals surface area contributed by atoms with E-state index in [9.17, 15) is 4.79 Å². The van der Waals surface area contributed by atoms with Crippen LogP contribution in [0.1, 0.15) is 59.3 Å². The maximum Gasteiger partial charge on any atom is 0.410 e. The monoisotopic (exact) mass is 270 g/mol. The lowest BCUT2D eigenvalue weighted by Gasteiger charge is -2.30.